The van der Waals surface area contributed by atoms with Crippen molar-refractivity contribution in [2.24, 2.45) is 0 Å². The lowest BCUT2D eigenvalue weighted by Gasteiger charge is -2.26. The second kappa shape index (κ2) is 7.17. The predicted octanol–water partition coefficient (Wildman–Crippen LogP) is 2.60. The number of carbonyl (C=O) groups is 1. The van der Waals surface area contributed by atoms with Gasteiger partial charge in [0.25, 0.3) is 0 Å². The van der Waals surface area contributed by atoms with E-state index in [9.17, 15) is 9.18 Å². The third-order valence-corrected chi connectivity index (χ3v) is 6.54. The zero-order valence-corrected chi connectivity index (χ0v) is 16.5. The molecule has 2 heterocycles. The van der Waals surface area contributed by atoms with Crippen LogP contribution in [0, 0.1) is 5.82 Å². The van der Waals surface area contributed by atoms with Gasteiger partial charge in [0, 0.05) is 30.3 Å². The molecule has 7 heteroatoms. The number of anilines is 1. The van der Waals surface area contributed by atoms with Crippen molar-refractivity contribution >= 4 is 24.9 Å². The molecular weight excluding hydrogens is 349 g/mol. The number of methoxy groups -OCH3 is 1. The first-order valence-electron chi connectivity index (χ1n) is 8.67. The van der Waals surface area contributed by atoms with E-state index < -0.39 is 14.1 Å². The minimum absolute atomic E-state index is 0.224. The van der Waals surface area contributed by atoms with Crippen LogP contribution in [-0.2, 0) is 11.2 Å². The molecule has 0 saturated carbocycles. The van der Waals surface area contributed by atoms with Gasteiger partial charge in [-0.15, -0.1) is 0 Å². The van der Waals surface area contributed by atoms with E-state index in [1.54, 1.807) is 25.3 Å². The number of nitrogens with one attached hydrogen (secondary N) is 2. The number of halogens is 1. The Labute approximate surface area is 154 Å². The number of hydrogen-bond donors (Lipinski definition) is 2. The van der Waals surface area contributed by atoms with E-state index in [0.717, 1.165) is 22.9 Å². The molecule has 1 aliphatic rings. The van der Waals surface area contributed by atoms with Gasteiger partial charge in [0.15, 0.2) is 0 Å². The third-order valence-electron chi connectivity index (χ3n) is 4.52. The summed E-state index contributed by atoms with van der Waals surface area (Å²) in [5.74, 6) is 0.0530. The van der Waals surface area contributed by atoms with E-state index in [-0.39, 0.29) is 11.7 Å². The van der Waals surface area contributed by atoms with Crippen molar-refractivity contribution in [3.05, 3.63) is 47.4 Å². The molecule has 1 aromatic carbocycles. The number of pyridine rings is 1. The van der Waals surface area contributed by atoms with Crippen LogP contribution < -0.4 is 20.6 Å². The highest BCUT2D eigenvalue weighted by Crippen LogP contribution is 2.25. The van der Waals surface area contributed by atoms with Gasteiger partial charge in [-0.05, 0) is 23.4 Å². The normalized spacial score (nSPS) is 16.7. The lowest BCUT2D eigenvalue weighted by Crippen LogP contribution is -2.40. The molecule has 2 aromatic rings. The first-order valence-corrected chi connectivity index (χ1v) is 12.2. The van der Waals surface area contributed by atoms with E-state index >= 15 is 0 Å². The van der Waals surface area contributed by atoms with Gasteiger partial charge in [-0.2, -0.15) is 0 Å². The fourth-order valence-corrected chi connectivity index (χ4v) is 4.54. The molecule has 1 aromatic heterocycles. The Kier molecular flexibility index (Phi) is 5.11. The number of amides is 1. The lowest BCUT2D eigenvalue weighted by molar-refractivity contribution is -0.118. The minimum Gasteiger partial charge on any atom is -0.481 e. The number of aromatic nitrogens is 1. The van der Waals surface area contributed by atoms with Gasteiger partial charge in [-0.25, -0.2) is 9.37 Å². The quantitative estimate of drug-likeness (QED) is 0.809. The maximum atomic E-state index is 14.4. The van der Waals surface area contributed by atoms with Gasteiger partial charge >= 0.3 is 0 Å². The van der Waals surface area contributed by atoms with Gasteiger partial charge < -0.3 is 15.4 Å². The average Bonchev–Trinajstić information content (AvgIpc) is 2.59. The molecule has 0 spiro atoms. The maximum Gasteiger partial charge on any atom is 0.246 e. The molecule has 0 bridgehead atoms. The number of carbonyl (C=O) groups excluding carboxylic acids is 1. The highest BCUT2D eigenvalue weighted by molar-refractivity contribution is 6.88. The minimum atomic E-state index is -1.75. The fraction of sp³-hybridized carbons (Fsp3) is 0.368. The smallest absolute Gasteiger partial charge is 0.246 e. The average molecular weight is 374 g/mol. The number of fused-ring (bicyclic) bond motifs is 1. The Bertz CT molecular complexity index is 836. The molecule has 0 fully saturated rings. The first kappa shape index (κ1) is 18.5. The fourth-order valence-electron chi connectivity index (χ4n) is 3.16. The second-order valence-electron chi connectivity index (χ2n) is 7.46. The summed E-state index contributed by atoms with van der Waals surface area (Å²) < 4.78 is 19.6. The number of hydrogen-bond acceptors (Lipinski definition) is 4. The number of nitrogens with zero attached hydrogens (tertiary/aromatic N) is 1. The molecule has 0 aliphatic carbocycles. The summed E-state index contributed by atoms with van der Waals surface area (Å²) in [6, 6.07) is 8.04. The molecule has 5 nitrogen and oxygen atoms in total. The van der Waals surface area contributed by atoms with Crippen LogP contribution in [0.4, 0.5) is 10.1 Å². The van der Waals surface area contributed by atoms with Crippen LogP contribution in [0.2, 0.25) is 19.6 Å². The predicted molar refractivity (Wildman–Crippen MR) is 103 cm³/mol. The zero-order chi connectivity index (χ0) is 18.9. The molecule has 3 rings (SSSR count). The monoisotopic (exact) mass is 373 g/mol. The summed E-state index contributed by atoms with van der Waals surface area (Å²) in [5, 5.41) is 6.78. The van der Waals surface area contributed by atoms with Crippen molar-refractivity contribution < 1.29 is 13.9 Å². The molecule has 26 heavy (non-hydrogen) atoms. The van der Waals surface area contributed by atoms with Crippen LogP contribution in [0.3, 0.4) is 0 Å². The lowest BCUT2D eigenvalue weighted by atomic mass is 9.98. The summed E-state index contributed by atoms with van der Waals surface area (Å²) >= 11 is 0. The Morgan fingerprint density at radius 1 is 1.31 bits per heavy atom. The molecule has 2 N–H and O–H groups in total. The summed E-state index contributed by atoms with van der Waals surface area (Å²) in [6.07, 6.45) is 0.732. The van der Waals surface area contributed by atoms with Crippen LogP contribution in [-0.4, -0.2) is 32.6 Å². The molecule has 0 radical (unpaired) electrons. The van der Waals surface area contributed by atoms with Crippen molar-refractivity contribution in [2.45, 2.75) is 32.1 Å². The number of rotatable bonds is 4. The van der Waals surface area contributed by atoms with Crippen LogP contribution in [0.1, 0.15) is 17.3 Å². The number of benzene rings is 1. The van der Waals surface area contributed by atoms with Gasteiger partial charge in [0.05, 0.1) is 20.9 Å². The number of ether oxygens (including phenoxy) is 1. The maximum absolute atomic E-state index is 14.4. The highest BCUT2D eigenvalue weighted by Gasteiger charge is 2.28. The van der Waals surface area contributed by atoms with Gasteiger partial charge in [0.1, 0.15) is 11.9 Å². The van der Waals surface area contributed by atoms with Crippen LogP contribution >= 0.6 is 0 Å². The van der Waals surface area contributed by atoms with Gasteiger partial charge in [-0.3, -0.25) is 4.79 Å². The molecule has 1 aliphatic heterocycles. The van der Waals surface area contributed by atoms with E-state index in [2.05, 4.69) is 35.3 Å². The summed E-state index contributed by atoms with van der Waals surface area (Å²) in [4.78, 5) is 17.2. The standard InChI is InChI=1S/C19H24FN3O2Si/c1-25-17-8-6-13-15(23-17)9-10-21-18(13)19(24)22-12-5-7-16(14(20)11-12)26(2,3)4/h5-8,11,18,21H,9-10H2,1-4H3,(H,22,24). The van der Waals surface area contributed by atoms with Crippen molar-refractivity contribution in [2.75, 3.05) is 19.0 Å². The van der Waals surface area contributed by atoms with Crippen molar-refractivity contribution in [1.29, 1.82) is 0 Å². The zero-order valence-electron chi connectivity index (χ0n) is 15.5. The van der Waals surface area contributed by atoms with Crippen LogP contribution in [0.5, 0.6) is 5.88 Å². The van der Waals surface area contributed by atoms with Crippen molar-refractivity contribution in [3.8, 4) is 5.88 Å². The van der Waals surface area contributed by atoms with Crippen molar-refractivity contribution in [3.63, 3.8) is 0 Å². The molecule has 1 unspecified atom stereocenters. The van der Waals surface area contributed by atoms with E-state index in [1.807, 2.05) is 6.07 Å². The van der Waals surface area contributed by atoms with Crippen LogP contribution in [0.15, 0.2) is 30.3 Å². The second-order valence-corrected chi connectivity index (χ2v) is 12.5. The summed E-state index contributed by atoms with van der Waals surface area (Å²) in [6.45, 7) is 6.92. The Hall–Kier alpha value is -2.25. The Morgan fingerprint density at radius 2 is 2.08 bits per heavy atom. The topological polar surface area (TPSA) is 63.2 Å². The molecule has 1 amide bonds. The Balaban J connectivity index is 1.81. The Morgan fingerprint density at radius 3 is 2.73 bits per heavy atom. The third kappa shape index (κ3) is 3.78. The first-order chi connectivity index (χ1) is 12.3. The molecule has 138 valence electrons. The van der Waals surface area contributed by atoms with E-state index in [0.29, 0.717) is 18.1 Å². The molecule has 1 atom stereocenters. The summed E-state index contributed by atoms with van der Waals surface area (Å²) in [7, 11) is -0.182. The van der Waals surface area contributed by atoms with Crippen molar-refractivity contribution in [1.82, 2.24) is 10.3 Å². The van der Waals surface area contributed by atoms with E-state index in [1.165, 1.54) is 6.07 Å². The van der Waals surface area contributed by atoms with Crippen LogP contribution in [0.25, 0.3) is 0 Å². The van der Waals surface area contributed by atoms with Gasteiger partial charge in [0.2, 0.25) is 11.8 Å². The SMILES string of the molecule is COc1ccc2c(n1)CCNC2C(=O)Nc1ccc([Si](C)(C)C)c(F)c1. The molecular formula is C19H24FN3O2Si. The largest absolute Gasteiger partial charge is 0.481 e. The molecule has 0 saturated heterocycles. The van der Waals surface area contributed by atoms with E-state index in [4.69, 9.17) is 4.74 Å². The highest BCUT2D eigenvalue weighted by atomic mass is 28.3. The summed E-state index contributed by atoms with van der Waals surface area (Å²) in [5.41, 5.74) is 2.14. The van der Waals surface area contributed by atoms with Gasteiger partial charge in [-0.1, -0.05) is 25.7 Å².